The number of Topliss-reactive ketones (excluding diaryl/α,β-unsaturated/α-hetero) is 1. The molecule has 7 heteroatoms. The van der Waals surface area contributed by atoms with E-state index in [1.165, 1.54) is 0 Å². The van der Waals surface area contributed by atoms with Crippen molar-refractivity contribution in [2.75, 3.05) is 31.0 Å². The lowest BCUT2D eigenvalue weighted by molar-refractivity contribution is -0.120. The molecular formula is C32H35N3O4. The van der Waals surface area contributed by atoms with Crippen LogP contribution in [0.2, 0.25) is 0 Å². The molecule has 0 saturated carbocycles. The first-order valence-electron chi connectivity index (χ1n) is 13.2. The van der Waals surface area contributed by atoms with Crippen LogP contribution in [0.25, 0.3) is 0 Å². The SMILES string of the molecule is COc1cccc(CNC(=O)CN2c3ccccc3NC3=C(C(=O)CC(C)(C)C3)C2c2cccc(OC)c2)c1. The number of ketones is 1. The fourth-order valence-corrected chi connectivity index (χ4v) is 5.58. The van der Waals surface area contributed by atoms with Crippen LogP contribution in [-0.2, 0) is 16.1 Å². The van der Waals surface area contributed by atoms with Crippen LogP contribution in [0.1, 0.15) is 43.9 Å². The van der Waals surface area contributed by atoms with Crippen LogP contribution in [0, 0.1) is 5.41 Å². The second-order valence-corrected chi connectivity index (χ2v) is 10.9. The van der Waals surface area contributed by atoms with Gasteiger partial charge in [0, 0.05) is 24.2 Å². The van der Waals surface area contributed by atoms with Crippen LogP contribution in [0.5, 0.6) is 11.5 Å². The number of benzene rings is 3. The van der Waals surface area contributed by atoms with Crippen molar-refractivity contribution in [3.05, 3.63) is 95.2 Å². The molecule has 0 bridgehead atoms. The molecule has 5 rings (SSSR count). The average molecular weight is 526 g/mol. The van der Waals surface area contributed by atoms with Crippen molar-refractivity contribution in [2.24, 2.45) is 5.41 Å². The second kappa shape index (κ2) is 10.8. The zero-order valence-electron chi connectivity index (χ0n) is 22.9. The predicted molar refractivity (Wildman–Crippen MR) is 153 cm³/mol. The van der Waals surface area contributed by atoms with Gasteiger partial charge in [-0.05, 0) is 59.4 Å². The van der Waals surface area contributed by atoms with Gasteiger partial charge in [0.25, 0.3) is 0 Å². The standard InChI is InChI=1S/C32H35N3O4/c1-32(2)17-26-30(28(36)18-32)31(22-10-8-12-24(16-22)39-4)35(27-14-6-5-13-25(27)34-26)20-29(37)33-19-21-9-7-11-23(15-21)38-3/h5-16,31,34H,17-20H2,1-4H3,(H,33,37). The zero-order chi connectivity index (χ0) is 27.6. The van der Waals surface area contributed by atoms with Crippen LogP contribution in [0.3, 0.4) is 0 Å². The number of carbonyl (C=O) groups is 2. The normalized spacial score (nSPS) is 17.9. The number of allylic oxidation sites excluding steroid dienone is 1. The molecule has 1 unspecified atom stereocenters. The highest BCUT2D eigenvalue weighted by Crippen LogP contribution is 2.48. The minimum absolute atomic E-state index is 0.0675. The summed E-state index contributed by atoms with van der Waals surface area (Å²) in [6.45, 7) is 4.68. The van der Waals surface area contributed by atoms with Crippen molar-refractivity contribution < 1.29 is 19.1 Å². The summed E-state index contributed by atoms with van der Waals surface area (Å²) in [5.41, 5.74) is 5.03. The molecule has 0 spiro atoms. The van der Waals surface area contributed by atoms with Crippen molar-refractivity contribution >= 4 is 23.1 Å². The summed E-state index contributed by atoms with van der Waals surface area (Å²) >= 11 is 0. The van der Waals surface area contributed by atoms with Crippen molar-refractivity contribution in [3.63, 3.8) is 0 Å². The third-order valence-corrected chi connectivity index (χ3v) is 7.35. The topological polar surface area (TPSA) is 79.9 Å². The van der Waals surface area contributed by atoms with Crippen molar-refractivity contribution in [1.29, 1.82) is 0 Å². The maximum Gasteiger partial charge on any atom is 0.239 e. The number of fused-ring (bicyclic) bond motifs is 1. The highest BCUT2D eigenvalue weighted by molar-refractivity contribution is 6.02. The summed E-state index contributed by atoms with van der Waals surface area (Å²) in [5.74, 6) is 1.39. The number of hydrogen-bond donors (Lipinski definition) is 2. The van der Waals surface area contributed by atoms with Crippen LogP contribution < -0.4 is 25.0 Å². The highest BCUT2D eigenvalue weighted by atomic mass is 16.5. The number of nitrogens with zero attached hydrogens (tertiary/aromatic N) is 1. The Labute approximate surface area is 229 Å². The Balaban J connectivity index is 1.56. The number of para-hydroxylation sites is 2. The Morgan fingerprint density at radius 3 is 2.46 bits per heavy atom. The van der Waals surface area contributed by atoms with E-state index >= 15 is 0 Å². The number of anilines is 2. The minimum atomic E-state index is -0.461. The Morgan fingerprint density at radius 1 is 0.974 bits per heavy atom. The highest BCUT2D eigenvalue weighted by Gasteiger charge is 2.42. The largest absolute Gasteiger partial charge is 0.497 e. The van der Waals surface area contributed by atoms with Crippen LogP contribution >= 0.6 is 0 Å². The first-order valence-corrected chi connectivity index (χ1v) is 13.2. The molecule has 1 aliphatic heterocycles. The van der Waals surface area contributed by atoms with Gasteiger partial charge in [-0.1, -0.05) is 50.2 Å². The molecule has 2 N–H and O–H groups in total. The number of carbonyl (C=O) groups excluding carboxylic acids is 2. The molecule has 0 aromatic heterocycles. The molecule has 1 amide bonds. The lowest BCUT2D eigenvalue weighted by Crippen LogP contribution is -2.41. The number of amides is 1. The van der Waals surface area contributed by atoms with E-state index in [9.17, 15) is 9.59 Å². The Hall–Kier alpha value is -4.26. The average Bonchev–Trinajstić information content (AvgIpc) is 3.06. The van der Waals surface area contributed by atoms with Crippen LogP contribution in [0.15, 0.2) is 84.1 Å². The smallest absolute Gasteiger partial charge is 0.239 e. The second-order valence-electron chi connectivity index (χ2n) is 10.9. The molecule has 7 nitrogen and oxygen atoms in total. The fourth-order valence-electron chi connectivity index (χ4n) is 5.58. The van der Waals surface area contributed by atoms with E-state index in [1.54, 1.807) is 14.2 Å². The van der Waals surface area contributed by atoms with Gasteiger partial charge >= 0.3 is 0 Å². The molecule has 0 saturated heterocycles. The summed E-state index contributed by atoms with van der Waals surface area (Å²) in [4.78, 5) is 29.3. The minimum Gasteiger partial charge on any atom is -0.497 e. The maximum absolute atomic E-state index is 13.8. The molecule has 3 aromatic carbocycles. The Morgan fingerprint density at radius 2 is 1.69 bits per heavy atom. The number of rotatable bonds is 7. The van der Waals surface area contributed by atoms with Gasteiger partial charge in [0.05, 0.1) is 38.2 Å². The first-order chi connectivity index (χ1) is 18.8. The number of nitrogens with one attached hydrogen (secondary N) is 2. The molecule has 1 heterocycles. The van der Waals surface area contributed by atoms with Gasteiger partial charge < -0.3 is 25.0 Å². The van der Waals surface area contributed by atoms with Crippen LogP contribution in [0.4, 0.5) is 11.4 Å². The van der Waals surface area contributed by atoms with Gasteiger partial charge in [0.15, 0.2) is 5.78 Å². The Bertz CT molecular complexity index is 1430. The Kier molecular flexibility index (Phi) is 7.33. The molecule has 1 atom stereocenters. The molecular weight excluding hydrogens is 490 g/mol. The molecule has 202 valence electrons. The van der Waals surface area contributed by atoms with Gasteiger partial charge in [-0.15, -0.1) is 0 Å². The number of ether oxygens (including phenoxy) is 2. The van der Waals surface area contributed by atoms with Gasteiger partial charge in [-0.3, -0.25) is 9.59 Å². The molecule has 3 aromatic rings. The summed E-state index contributed by atoms with van der Waals surface area (Å²) in [5, 5.41) is 6.65. The van der Waals surface area contributed by atoms with Gasteiger partial charge in [-0.25, -0.2) is 0 Å². The van der Waals surface area contributed by atoms with Gasteiger partial charge in [0.1, 0.15) is 11.5 Å². The van der Waals surface area contributed by atoms with E-state index in [1.807, 2.05) is 77.7 Å². The van der Waals surface area contributed by atoms with E-state index in [0.29, 0.717) is 24.3 Å². The van der Waals surface area contributed by atoms with Crippen molar-refractivity contribution in [3.8, 4) is 11.5 Å². The fraction of sp³-hybridized carbons (Fsp3) is 0.312. The predicted octanol–water partition coefficient (Wildman–Crippen LogP) is 5.64. The molecule has 1 aliphatic carbocycles. The third-order valence-electron chi connectivity index (χ3n) is 7.35. The van der Waals surface area contributed by atoms with Crippen molar-refractivity contribution in [1.82, 2.24) is 5.32 Å². The lowest BCUT2D eigenvalue weighted by Gasteiger charge is -2.38. The first kappa shape index (κ1) is 26.4. The summed E-state index contributed by atoms with van der Waals surface area (Å²) in [7, 11) is 3.25. The maximum atomic E-state index is 13.8. The van der Waals surface area contributed by atoms with E-state index in [4.69, 9.17) is 9.47 Å². The zero-order valence-corrected chi connectivity index (χ0v) is 22.9. The summed E-state index contributed by atoms with van der Waals surface area (Å²) < 4.78 is 10.9. The lowest BCUT2D eigenvalue weighted by atomic mass is 9.73. The number of hydrogen-bond acceptors (Lipinski definition) is 6. The molecule has 0 radical (unpaired) electrons. The monoisotopic (exact) mass is 525 g/mol. The van der Waals surface area contributed by atoms with E-state index in [2.05, 4.69) is 24.5 Å². The van der Waals surface area contributed by atoms with Crippen molar-refractivity contribution in [2.45, 2.75) is 39.3 Å². The molecule has 2 aliphatic rings. The molecule has 39 heavy (non-hydrogen) atoms. The summed E-state index contributed by atoms with van der Waals surface area (Å²) in [6.07, 6.45) is 1.18. The van der Waals surface area contributed by atoms with E-state index < -0.39 is 6.04 Å². The van der Waals surface area contributed by atoms with Gasteiger partial charge in [-0.2, -0.15) is 0 Å². The van der Waals surface area contributed by atoms with E-state index in [0.717, 1.165) is 40.4 Å². The molecule has 0 fully saturated rings. The number of methoxy groups -OCH3 is 2. The third kappa shape index (κ3) is 5.62. The summed E-state index contributed by atoms with van der Waals surface area (Å²) in [6, 6.07) is 22.9. The quantitative estimate of drug-likeness (QED) is 0.416. The van der Waals surface area contributed by atoms with E-state index in [-0.39, 0.29) is 23.7 Å². The van der Waals surface area contributed by atoms with Gasteiger partial charge in [0.2, 0.25) is 5.91 Å². The van der Waals surface area contributed by atoms with Crippen LogP contribution in [-0.4, -0.2) is 32.5 Å².